The Morgan fingerprint density at radius 2 is 2.04 bits per heavy atom. The monoisotopic (exact) mass is 414 g/mol. The molecule has 0 unspecified atom stereocenters. The molecule has 2 aliphatic heterocycles. The molecule has 1 fully saturated rings. The zero-order valence-electron chi connectivity index (χ0n) is 13.4. The van der Waals surface area contributed by atoms with Crippen LogP contribution < -0.4 is 4.90 Å². The lowest BCUT2D eigenvalue weighted by atomic mass is 10.0. The number of aliphatic imine (C=N–C) groups is 1. The van der Waals surface area contributed by atoms with Gasteiger partial charge in [0.25, 0.3) is 0 Å². The van der Waals surface area contributed by atoms with Gasteiger partial charge >= 0.3 is 0 Å². The van der Waals surface area contributed by atoms with Crippen LogP contribution in [0.5, 0.6) is 0 Å². The summed E-state index contributed by atoms with van der Waals surface area (Å²) in [5.74, 6) is 0.775. The molecule has 0 atom stereocenters. The van der Waals surface area contributed by atoms with Crippen LogP contribution in [-0.2, 0) is 11.3 Å². The zero-order valence-corrected chi connectivity index (χ0v) is 15.8. The normalized spacial score (nSPS) is 16.6. The molecule has 0 saturated carbocycles. The lowest BCUT2D eigenvalue weighted by molar-refractivity contribution is 0.122. The van der Waals surface area contributed by atoms with Crippen molar-refractivity contribution >= 4 is 49.6 Å². The highest BCUT2D eigenvalue weighted by Crippen LogP contribution is 2.38. The molecule has 0 spiro atoms. The van der Waals surface area contributed by atoms with Gasteiger partial charge in [0.2, 0.25) is 5.95 Å². The topological polar surface area (TPSA) is 50.6 Å². The molecule has 1 saturated heterocycles. The molecular weight excluding hydrogens is 400 g/mol. The zero-order chi connectivity index (χ0) is 16.8. The van der Waals surface area contributed by atoms with Crippen LogP contribution in [0.3, 0.4) is 0 Å². The summed E-state index contributed by atoms with van der Waals surface area (Å²) in [6, 6.07) is 6.36. The Morgan fingerprint density at radius 3 is 2.92 bits per heavy atom. The molecule has 2 aliphatic rings. The predicted molar refractivity (Wildman–Crippen MR) is 105 cm³/mol. The highest BCUT2D eigenvalue weighted by Gasteiger charge is 2.22. The Balaban J connectivity index is 1.74. The third-order valence-electron chi connectivity index (χ3n) is 4.59. The average molecular weight is 415 g/mol. The van der Waals surface area contributed by atoms with E-state index in [0.29, 0.717) is 0 Å². The van der Waals surface area contributed by atoms with Crippen molar-refractivity contribution in [3.63, 3.8) is 0 Å². The van der Waals surface area contributed by atoms with Crippen molar-refractivity contribution < 1.29 is 4.74 Å². The van der Waals surface area contributed by atoms with Crippen molar-refractivity contribution in [3.05, 3.63) is 39.2 Å². The number of morpholine rings is 1. The molecule has 5 nitrogen and oxygen atoms in total. The number of aromatic nitrogens is 2. The number of hydrogen-bond acceptors (Lipinski definition) is 6. The molecule has 0 bridgehead atoms. The highest BCUT2D eigenvalue weighted by atomic mass is 79.9. The number of fused-ring (bicyclic) bond motifs is 2. The second kappa shape index (κ2) is 6.16. The van der Waals surface area contributed by atoms with E-state index in [0.717, 1.165) is 64.7 Å². The van der Waals surface area contributed by atoms with E-state index in [1.807, 2.05) is 6.21 Å². The summed E-state index contributed by atoms with van der Waals surface area (Å²) in [6.07, 6.45) is 1.97. The summed E-state index contributed by atoms with van der Waals surface area (Å²) < 4.78 is 7.60. The molecule has 25 heavy (non-hydrogen) atoms. The molecule has 5 rings (SSSR count). The Labute approximate surface area is 157 Å². The molecule has 3 aromatic rings. The van der Waals surface area contributed by atoms with E-state index in [1.54, 1.807) is 11.3 Å². The van der Waals surface area contributed by atoms with E-state index in [2.05, 4.69) is 49.4 Å². The van der Waals surface area contributed by atoms with Gasteiger partial charge in [0.05, 0.1) is 34.6 Å². The number of ether oxygens (including phenoxy) is 1. The van der Waals surface area contributed by atoms with Gasteiger partial charge in [-0.25, -0.2) is 9.97 Å². The molecule has 0 radical (unpaired) electrons. The quantitative estimate of drug-likeness (QED) is 0.637. The van der Waals surface area contributed by atoms with Crippen molar-refractivity contribution in [2.24, 2.45) is 4.99 Å². The van der Waals surface area contributed by atoms with Gasteiger partial charge in [-0.05, 0) is 21.5 Å². The lowest BCUT2D eigenvalue weighted by Gasteiger charge is -2.27. The summed E-state index contributed by atoms with van der Waals surface area (Å²) >= 11 is 5.32. The van der Waals surface area contributed by atoms with Crippen molar-refractivity contribution in [3.8, 4) is 11.3 Å². The summed E-state index contributed by atoms with van der Waals surface area (Å²) in [7, 11) is 0. The summed E-state index contributed by atoms with van der Waals surface area (Å²) in [4.78, 5) is 16.4. The first kappa shape index (κ1) is 15.4. The van der Waals surface area contributed by atoms with Crippen LogP contribution in [0.2, 0.25) is 0 Å². The van der Waals surface area contributed by atoms with Crippen LogP contribution in [0.15, 0.2) is 33.0 Å². The van der Waals surface area contributed by atoms with E-state index < -0.39 is 0 Å². The number of benzene rings is 1. The fourth-order valence-electron chi connectivity index (χ4n) is 3.31. The number of nitrogens with zero attached hydrogens (tertiary/aromatic N) is 4. The first-order valence-electron chi connectivity index (χ1n) is 8.21. The SMILES string of the molecule is Brc1csc2c(-c3cccc4c3C=NC4)nc(N3CCOCC3)nc12. The molecule has 0 aliphatic carbocycles. The molecule has 126 valence electrons. The number of rotatable bonds is 2. The third kappa shape index (κ3) is 2.58. The molecule has 1 aromatic carbocycles. The molecule has 0 amide bonds. The minimum absolute atomic E-state index is 0.717. The summed E-state index contributed by atoms with van der Waals surface area (Å²) in [5.41, 5.74) is 5.54. The fourth-order valence-corrected chi connectivity index (χ4v) is 4.88. The van der Waals surface area contributed by atoms with Crippen LogP contribution in [0.25, 0.3) is 21.5 Å². The van der Waals surface area contributed by atoms with Gasteiger partial charge in [-0.3, -0.25) is 4.99 Å². The Bertz CT molecular complexity index is 994. The number of thiophene rings is 1. The number of halogens is 1. The van der Waals surface area contributed by atoms with Crippen molar-refractivity contribution in [2.45, 2.75) is 6.54 Å². The molecule has 2 aromatic heterocycles. The van der Waals surface area contributed by atoms with Crippen LogP contribution in [0.1, 0.15) is 11.1 Å². The minimum Gasteiger partial charge on any atom is -0.378 e. The van der Waals surface area contributed by atoms with E-state index in [-0.39, 0.29) is 0 Å². The van der Waals surface area contributed by atoms with Gasteiger partial charge in [0.1, 0.15) is 5.52 Å². The van der Waals surface area contributed by atoms with Crippen LogP contribution in [0, 0.1) is 0 Å². The third-order valence-corrected chi connectivity index (χ3v) is 6.47. The first-order chi connectivity index (χ1) is 12.3. The Kier molecular flexibility index (Phi) is 3.80. The van der Waals surface area contributed by atoms with Gasteiger partial charge in [-0.15, -0.1) is 11.3 Å². The predicted octanol–water partition coefficient (Wildman–Crippen LogP) is 3.89. The number of hydrogen-bond donors (Lipinski definition) is 0. The van der Waals surface area contributed by atoms with E-state index in [9.17, 15) is 0 Å². The fraction of sp³-hybridized carbons (Fsp3) is 0.278. The maximum Gasteiger partial charge on any atom is 0.226 e. The van der Waals surface area contributed by atoms with Crippen LogP contribution in [-0.4, -0.2) is 42.5 Å². The standard InChI is InChI=1S/C18H15BrN4OS/c19-14-10-25-17-15(12-3-1-2-11-8-20-9-13(11)12)21-18(22-16(14)17)23-4-6-24-7-5-23/h1-3,9-10H,4-8H2. The van der Waals surface area contributed by atoms with Gasteiger partial charge in [0, 0.05) is 35.8 Å². The van der Waals surface area contributed by atoms with Gasteiger partial charge < -0.3 is 9.64 Å². The van der Waals surface area contributed by atoms with Gasteiger partial charge in [0.15, 0.2) is 0 Å². The van der Waals surface area contributed by atoms with Crippen molar-refractivity contribution in [1.82, 2.24) is 9.97 Å². The highest BCUT2D eigenvalue weighted by molar-refractivity contribution is 9.10. The van der Waals surface area contributed by atoms with E-state index >= 15 is 0 Å². The van der Waals surface area contributed by atoms with E-state index in [1.165, 1.54) is 11.1 Å². The second-order valence-electron chi connectivity index (χ2n) is 6.08. The smallest absolute Gasteiger partial charge is 0.226 e. The Hall–Kier alpha value is -1.83. The van der Waals surface area contributed by atoms with E-state index in [4.69, 9.17) is 14.7 Å². The van der Waals surface area contributed by atoms with Crippen molar-refractivity contribution in [1.29, 1.82) is 0 Å². The molecule has 4 heterocycles. The summed E-state index contributed by atoms with van der Waals surface area (Å²) in [5, 5.41) is 2.09. The van der Waals surface area contributed by atoms with Crippen LogP contribution >= 0.6 is 27.3 Å². The summed E-state index contributed by atoms with van der Waals surface area (Å²) in [6.45, 7) is 3.83. The maximum absolute atomic E-state index is 5.47. The molecule has 7 heteroatoms. The average Bonchev–Trinajstić information content (AvgIpc) is 3.28. The van der Waals surface area contributed by atoms with Gasteiger partial charge in [-0.1, -0.05) is 18.2 Å². The second-order valence-corrected chi connectivity index (χ2v) is 7.82. The maximum atomic E-state index is 5.47. The Morgan fingerprint density at radius 1 is 1.16 bits per heavy atom. The lowest BCUT2D eigenvalue weighted by Crippen LogP contribution is -2.37. The first-order valence-corrected chi connectivity index (χ1v) is 9.88. The molecule has 0 N–H and O–H groups in total. The van der Waals surface area contributed by atoms with Gasteiger partial charge in [-0.2, -0.15) is 0 Å². The van der Waals surface area contributed by atoms with Crippen molar-refractivity contribution in [2.75, 3.05) is 31.2 Å². The van der Waals surface area contributed by atoms with Crippen LogP contribution in [0.4, 0.5) is 5.95 Å². The molecular formula is C18H15BrN4OS. The largest absolute Gasteiger partial charge is 0.378 e. The number of anilines is 1. The minimum atomic E-state index is 0.717.